The molecule has 1 aliphatic carbocycles. The highest BCUT2D eigenvalue weighted by Gasteiger charge is 2.26. The molecule has 1 aromatic carbocycles. The van der Waals surface area contributed by atoms with Crippen LogP contribution >= 0.6 is 0 Å². The van der Waals surface area contributed by atoms with Gasteiger partial charge in [0.05, 0.1) is 0 Å². The van der Waals surface area contributed by atoms with E-state index in [1.54, 1.807) is 11.1 Å². The van der Waals surface area contributed by atoms with E-state index in [1.165, 1.54) is 52.0 Å². The van der Waals surface area contributed by atoms with Crippen LogP contribution in [0.5, 0.6) is 0 Å². The normalized spacial score (nSPS) is 25.9. The van der Waals surface area contributed by atoms with Gasteiger partial charge in [-0.2, -0.15) is 0 Å². The topological polar surface area (TPSA) is 6.48 Å². The van der Waals surface area contributed by atoms with Crippen LogP contribution in [0.3, 0.4) is 0 Å². The molecule has 0 radical (unpaired) electrons. The molecule has 2 heteroatoms. The van der Waals surface area contributed by atoms with Gasteiger partial charge in [-0.25, -0.2) is 0 Å². The fourth-order valence-corrected chi connectivity index (χ4v) is 3.43. The summed E-state index contributed by atoms with van der Waals surface area (Å²) in [5.74, 6) is 0. The number of hydrogen-bond donors (Lipinski definition) is 0. The summed E-state index contributed by atoms with van der Waals surface area (Å²) < 4.78 is 0. The van der Waals surface area contributed by atoms with Crippen molar-refractivity contribution in [2.75, 3.05) is 32.7 Å². The highest BCUT2D eigenvalue weighted by atomic mass is 15.3. The molecule has 3 rings (SSSR count). The fourth-order valence-electron chi connectivity index (χ4n) is 3.43. The third kappa shape index (κ3) is 2.45. The van der Waals surface area contributed by atoms with E-state index in [0.717, 1.165) is 6.04 Å². The first-order valence-corrected chi connectivity index (χ1v) is 7.40. The second-order valence-electron chi connectivity index (χ2n) is 5.64. The number of fused-ring (bicyclic) bond motifs is 1. The maximum atomic E-state index is 2.72. The number of likely N-dealkylation sites (N-methyl/N-ethyl adjacent to an activating group) is 1. The molecule has 0 aromatic heterocycles. The number of nitrogens with zero attached hydrogens (tertiary/aromatic N) is 2. The molecule has 0 spiro atoms. The molecular formula is C16H24N2. The molecule has 18 heavy (non-hydrogen) atoms. The SMILES string of the molecule is CCN1CCN(C2CCc3ccccc3C2)CC1. The first kappa shape index (κ1) is 12.2. The van der Waals surface area contributed by atoms with Gasteiger partial charge in [0.2, 0.25) is 0 Å². The molecule has 1 aliphatic heterocycles. The zero-order chi connectivity index (χ0) is 12.4. The minimum atomic E-state index is 0.791. The van der Waals surface area contributed by atoms with Gasteiger partial charge in [-0.05, 0) is 36.9 Å². The Hall–Kier alpha value is -0.860. The van der Waals surface area contributed by atoms with Crippen LogP contribution in [-0.2, 0) is 12.8 Å². The monoisotopic (exact) mass is 244 g/mol. The van der Waals surface area contributed by atoms with Gasteiger partial charge in [0.1, 0.15) is 0 Å². The van der Waals surface area contributed by atoms with Crippen molar-refractivity contribution >= 4 is 0 Å². The van der Waals surface area contributed by atoms with Crippen LogP contribution in [0.4, 0.5) is 0 Å². The number of benzene rings is 1. The Morgan fingerprint density at radius 3 is 2.50 bits per heavy atom. The van der Waals surface area contributed by atoms with E-state index in [2.05, 4.69) is 41.0 Å². The summed E-state index contributed by atoms with van der Waals surface area (Å²) in [6.07, 6.45) is 3.89. The van der Waals surface area contributed by atoms with Crippen LogP contribution in [-0.4, -0.2) is 48.6 Å². The van der Waals surface area contributed by atoms with Gasteiger partial charge in [-0.15, -0.1) is 0 Å². The Labute approximate surface area is 111 Å². The molecule has 98 valence electrons. The van der Waals surface area contributed by atoms with E-state index in [9.17, 15) is 0 Å². The first-order valence-electron chi connectivity index (χ1n) is 7.40. The van der Waals surface area contributed by atoms with Crippen LogP contribution < -0.4 is 0 Å². The maximum Gasteiger partial charge on any atom is 0.0140 e. The van der Waals surface area contributed by atoms with E-state index in [0.29, 0.717) is 0 Å². The molecule has 1 atom stereocenters. The summed E-state index contributed by atoms with van der Waals surface area (Å²) in [6, 6.07) is 9.79. The third-order valence-electron chi connectivity index (χ3n) is 4.69. The molecular weight excluding hydrogens is 220 g/mol. The van der Waals surface area contributed by atoms with E-state index >= 15 is 0 Å². The minimum Gasteiger partial charge on any atom is -0.301 e. The van der Waals surface area contributed by atoms with Gasteiger partial charge >= 0.3 is 0 Å². The summed E-state index contributed by atoms with van der Waals surface area (Å²) in [7, 11) is 0. The van der Waals surface area contributed by atoms with Gasteiger partial charge in [-0.1, -0.05) is 31.2 Å². The predicted octanol–water partition coefficient (Wildman–Crippen LogP) is 2.18. The second kappa shape index (κ2) is 5.41. The Kier molecular flexibility index (Phi) is 3.67. The van der Waals surface area contributed by atoms with Crippen molar-refractivity contribution in [2.24, 2.45) is 0 Å². The van der Waals surface area contributed by atoms with E-state index < -0.39 is 0 Å². The summed E-state index contributed by atoms with van der Waals surface area (Å²) in [6.45, 7) is 8.53. The van der Waals surface area contributed by atoms with Crippen molar-refractivity contribution < 1.29 is 0 Å². The van der Waals surface area contributed by atoms with Gasteiger partial charge in [-0.3, -0.25) is 4.90 Å². The van der Waals surface area contributed by atoms with E-state index in [-0.39, 0.29) is 0 Å². The van der Waals surface area contributed by atoms with Gasteiger partial charge in [0.15, 0.2) is 0 Å². The van der Waals surface area contributed by atoms with Crippen LogP contribution in [0, 0.1) is 0 Å². The first-order chi connectivity index (χ1) is 8.86. The van der Waals surface area contributed by atoms with Crippen LogP contribution in [0.15, 0.2) is 24.3 Å². The molecule has 1 aromatic rings. The Morgan fingerprint density at radius 1 is 1.06 bits per heavy atom. The zero-order valence-electron chi connectivity index (χ0n) is 11.4. The highest BCUT2D eigenvalue weighted by Crippen LogP contribution is 2.25. The molecule has 1 fully saturated rings. The van der Waals surface area contributed by atoms with Crippen molar-refractivity contribution in [2.45, 2.75) is 32.2 Å². The summed E-state index contributed by atoms with van der Waals surface area (Å²) in [5.41, 5.74) is 3.17. The smallest absolute Gasteiger partial charge is 0.0140 e. The molecule has 1 saturated heterocycles. The quantitative estimate of drug-likeness (QED) is 0.787. The summed E-state index contributed by atoms with van der Waals surface area (Å²) in [5, 5.41) is 0. The molecule has 1 heterocycles. The largest absolute Gasteiger partial charge is 0.301 e. The second-order valence-corrected chi connectivity index (χ2v) is 5.64. The predicted molar refractivity (Wildman–Crippen MR) is 75.9 cm³/mol. The lowest BCUT2D eigenvalue weighted by atomic mass is 9.87. The van der Waals surface area contributed by atoms with E-state index in [4.69, 9.17) is 0 Å². The van der Waals surface area contributed by atoms with Crippen LogP contribution in [0.1, 0.15) is 24.5 Å². The Morgan fingerprint density at radius 2 is 1.78 bits per heavy atom. The zero-order valence-corrected chi connectivity index (χ0v) is 11.4. The molecule has 2 aliphatic rings. The van der Waals surface area contributed by atoms with Crippen molar-refractivity contribution in [1.82, 2.24) is 9.80 Å². The lowest BCUT2D eigenvalue weighted by Gasteiger charge is -2.40. The highest BCUT2D eigenvalue weighted by molar-refractivity contribution is 5.30. The minimum absolute atomic E-state index is 0.791. The Bertz CT molecular complexity index is 394. The standard InChI is InChI=1S/C16H24N2/c1-2-17-9-11-18(12-10-17)16-8-7-14-5-3-4-6-15(14)13-16/h3-6,16H,2,7-13H2,1H3. The van der Waals surface area contributed by atoms with Gasteiger partial charge in [0, 0.05) is 32.2 Å². The number of aryl methyl sites for hydroxylation is 1. The van der Waals surface area contributed by atoms with Crippen molar-refractivity contribution in [3.8, 4) is 0 Å². The molecule has 0 bridgehead atoms. The number of hydrogen-bond acceptors (Lipinski definition) is 2. The van der Waals surface area contributed by atoms with Crippen molar-refractivity contribution in [3.05, 3.63) is 35.4 Å². The molecule has 2 nitrogen and oxygen atoms in total. The van der Waals surface area contributed by atoms with Gasteiger partial charge < -0.3 is 4.90 Å². The lowest BCUT2D eigenvalue weighted by molar-refractivity contribution is 0.0927. The van der Waals surface area contributed by atoms with Crippen LogP contribution in [0.2, 0.25) is 0 Å². The fraction of sp³-hybridized carbons (Fsp3) is 0.625. The van der Waals surface area contributed by atoms with Crippen LogP contribution in [0.25, 0.3) is 0 Å². The van der Waals surface area contributed by atoms with E-state index in [1.807, 2.05) is 0 Å². The average Bonchev–Trinajstić information content (AvgIpc) is 2.47. The third-order valence-corrected chi connectivity index (χ3v) is 4.69. The molecule has 0 amide bonds. The molecule has 0 saturated carbocycles. The Balaban J connectivity index is 1.63. The maximum absolute atomic E-state index is 2.72. The molecule has 0 N–H and O–H groups in total. The molecule has 1 unspecified atom stereocenters. The summed E-state index contributed by atoms with van der Waals surface area (Å²) in [4.78, 5) is 5.29. The average molecular weight is 244 g/mol. The summed E-state index contributed by atoms with van der Waals surface area (Å²) >= 11 is 0. The van der Waals surface area contributed by atoms with Crippen molar-refractivity contribution in [1.29, 1.82) is 0 Å². The number of rotatable bonds is 2. The lowest BCUT2D eigenvalue weighted by Crippen LogP contribution is -2.51. The van der Waals surface area contributed by atoms with Crippen molar-refractivity contribution in [3.63, 3.8) is 0 Å². The van der Waals surface area contributed by atoms with Gasteiger partial charge in [0.25, 0.3) is 0 Å². The number of piperazine rings is 1.